The van der Waals surface area contributed by atoms with E-state index in [-0.39, 0.29) is 11.9 Å². The highest BCUT2D eigenvalue weighted by atomic mass is 16.2. The van der Waals surface area contributed by atoms with Gasteiger partial charge in [-0.1, -0.05) is 129 Å². The number of rotatable bonds is 35. The molecule has 252 valence electrons. The van der Waals surface area contributed by atoms with Crippen molar-refractivity contribution in [2.45, 2.75) is 174 Å². The molecule has 1 atom stereocenters. The van der Waals surface area contributed by atoms with Gasteiger partial charge in [0, 0.05) is 13.1 Å². The second kappa shape index (κ2) is 34.8. The molecule has 0 aliphatic heterocycles. The van der Waals surface area contributed by atoms with E-state index in [1.54, 1.807) is 0 Å². The molecule has 0 aromatic heterocycles. The molecule has 0 aliphatic rings. The van der Waals surface area contributed by atoms with E-state index in [0.29, 0.717) is 6.54 Å². The summed E-state index contributed by atoms with van der Waals surface area (Å²) in [5.41, 5.74) is 5.51. The molecular weight excluding hydrogens is 520 g/mol. The Kier molecular flexibility index (Phi) is 34.2. The van der Waals surface area contributed by atoms with Gasteiger partial charge in [0.15, 0.2) is 0 Å². The van der Waals surface area contributed by atoms with E-state index < -0.39 is 0 Å². The van der Waals surface area contributed by atoms with Gasteiger partial charge in [0.1, 0.15) is 6.04 Å². The summed E-state index contributed by atoms with van der Waals surface area (Å²) in [5, 5.41) is 11.9. The Morgan fingerprint density at radius 3 is 1.48 bits per heavy atom. The van der Waals surface area contributed by atoms with E-state index in [0.717, 1.165) is 77.8 Å². The van der Waals surface area contributed by atoms with Crippen molar-refractivity contribution >= 4 is 5.91 Å². The molecule has 7 nitrogen and oxygen atoms in total. The second-order valence-corrected chi connectivity index (χ2v) is 12.5. The minimum Gasteiger partial charge on any atom is -0.355 e. The first-order valence-corrected chi connectivity index (χ1v) is 18.6. The average Bonchev–Trinajstić information content (AvgIpc) is 2.99. The predicted molar refractivity (Wildman–Crippen MR) is 185 cm³/mol. The number of nitrogens with zero attached hydrogens (tertiary/aromatic N) is 1. The van der Waals surface area contributed by atoms with Crippen molar-refractivity contribution in [3.63, 3.8) is 0 Å². The van der Waals surface area contributed by atoms with Crippen LogP contribution < -0.4 is 27.5 Å². The zero-order valence-electron chi connectivity index (χ0n) is 28.5. The lowest BCUT2D eigenvalue weighted by atomic mass is 10.0. The molecule has 0 saturated heterocycles. The fourth-order valence-corrected chi connectivity index (χ4v) is 5.55. The summed E-state index contributed by atoms with van der Waals surface area (Å²) in [4.78, 5) is 13.0. The molecule has 1 amide bonds. The van der Waals surface area contributed by atoms with E-state index in [9.17, 15) is 4.79 Å². The van der Waals surface area contributed by atoms with E-state index in [2.05, 4.69) is 29.8 Å². The maximum atomic E-state index is 13.0. The topological polar surface area (TPSA) is 108 Å². The van der Waals surface area contributed by atoms with Crippen LogP contribution in [-0.2, 0) is 4.79 Å². The van der Waals surface area contributed by atoms with Crippen LogP contribution in [-0.4, -0.2) is 62.8 Å². The first kappa shape index (κ1) is 41.3. The van der Waals surface area contributed by atoms with Crippen molar-refractivity contribution in [2.75, 3.05) is 45.8 Å². The monoisotopic (exact) mass is 597 g/mol. The van der Waals surface area contributed by atoms with Gasteiger partial charge in [-0.3, -0.25) is 10.6 Å². The van der Waals surface area contributed by atoms with Gasteiger partial charge in [0.2, 0.25) is 5.91 Å². The third-order valence-corrected chi connectivity index (χ3v) is 8.40. The summed E-state index contributed by atoms with van der Waals surface area (Å²) in [5.74, 6) is 6.52. The summed E-state index contributed by atoms with van der Waals surface area (Å²) in [6.07, 6.45) is 30.4. The third kappa shape index (κ3) is 29.3. The number of nitrogens with two attached hydrogens (primary N) is 2. The highest BCUT2D eigenvalue weighted by Gasteiger charge is 2.22. The third-order valence-electron chi connectivity index (χ3n) is 8.40. The highest BCUT2D eigenvalue weighted by Crippen LogP contribution is 2.15. The van der Waals surface area contributed by atoms with Gasteiger partial charge in [0.25, 0.3) is 0 Å². The first-order chi connectivity index (χ1) is 20.7. The van der Waals surface area contributed by atoms with Crippen LogP contribution in [0.1, 0.15) is 168 Å². The highest BCUT2D eigenvalue weighted by molar-refractivity contribution is 5.81. The Bertz CT molecular complexity index is 536. The molecule has 0 bridgehead atoms. The Morgan fingerprint density at radius 2 is 0.976 bits per heavy atom. The Balaban J connectivity index is 3.91. The van der Waals surface area contributed by atoms with Crippen LogP contribution in [0.5, 0.6) is 0 Å². The van der Waals surface area contributed by atoms with Crippen molar-refractivity contribution in [2.24, 2.45) is 11.6 Å². The molecule has 0 aromatic carbocycles. The summed E-state index contributed by atoms with van der Waals surface area (Å²) in [6.45, 7) is 10.8. The lowest BCUT2D eigenvalue weighted by Crippen LogP contribution is -2.51. The Hall–Kier alpha value is -0.730. The van der Waals surface area contributed by atoms with E-state index in [1.807, 2.05) is 5.01 Å². The number of amides is 1. The largest absolute Gasteiger partial charge is 0.355 e. The molecule has 0 fully saturated rings. The molecular formula is C35H76N6O. The number of unbranched alkanes of at least 4 members (excludes halogenated alkanes) is 18. The fraction of sp³-hybridized carbons (Fsp3) is 0.971. The zero-order valence-corrected chi connectivity index (χ0v) is 28.5. The van der Waals surface area contributed by atoms with Crippen molar-refractivity contribution in [1.29, 1.82) is 0 Å². The fourth-order valence-electron chi connectivity index (χ4n) is 5.55. The molecule has 0 saturated carbocycles. The number of hydrogen-bond acceptors (Lipinski definition) is 6. The number of carbonyl (C=O) groups excluding carboxylic acids is 1. The molecule has 0 radical (unpaired) electrons. The lowest BCUT2D eigenvalue weighted by molar-refractivity contribution is -0.126. The van der Waals surface area contributed by atoms with Crippen molar-refractivity contribution in [1.82, 2.24) is 21.0 Å². The standard InChI is InChI=1S/C35H76N6O/c1-3-5-7-8-9-10-11-12-13-14-15-16-17-18-19-20-26-34(41(37)33-23-6-4-2)35(42)40-32-25-31-39-29-22-21-28-38-30-24-27-36/h34,38-39H,3-33,36-37H2,1-2H3,(H,40,42). The molecule has 0 rings (SSSR count). The Morgan fingerprint density at radius 1 is 0.548 bits per heavy atom. The lowest BCUT2D eigenvalue weighted by Gasteiger charge is -2.27. The minimum atomic E-state index is -0.201. The maximum absolute atomic E-state index is 13.0. The first-order valence-electron chi connectivity index (χ1n) is 18.6. The Labute approximate surface area is 262 Å². The SMILES string of the molecule is CCCCCCCCCCCCCCCCCCC(C(=O)NCCCNCCCCNCCCN)N(N)CCCCC. The van der Waals surface area contributed by atoms with Crippen LogP contribution in [0.4, 0.5) is 0 Å². The van der Waals surface area contributed by atoms with Gasteiger partial charge in [-0.05, 0) is 71.2 Å². The molecule has 7 N–H and O–H groups in total. The van der Waals surface area contributed by atoms with Crippen LogP contribution >= 0.6 is 0 Å². The molecule has 1 unspecified atom stereocenters. The van der Waals surface area contributed by atoms with Crippen LogP contribution in [0, 0.1) is 0 Å². The maximum Gasteiger partial charge on any atom is 0.238 e. The normalized spacial score (nSPS) is 12.3. The summed E-state index contributed by atoms with van der Waals surface area (Å²) in [7, 11) is 0. The van der Waals surface area contributed by atoms with E-state index in [1.165, 1.54) is 116 Å². The average molecular weight is 597 g/mol. The van der Waals surface area contributed by atoms with Gasteiger partial charge in [0.05, 0.1) is 0 Å². The molecule has 0 aliphatic carbocycles. The predicted octanol–water partition coefficient (Wildman–Crippen LogP) is 7.19. The van der Waals surface area contributed by atoms with Gasteiger partial charge in [-0.2, -0.15) is 0 Å². The molecule has 42 heavy (non-hydrogen) atoms. The molecule has 0 spiro atoms. The van der Waals surface area contributed by atoms with Crippen LogP contribution in [0.3, 0.4) is 0 Å². The van der Waals surface area contributed by atoms with Gasteiger partial charge in [-0.15, -0.1) is 0 Å². The summed E-state index contributed by atoms with van der Waals surface area (Å²) in [6, 6.07) is -0.201. The minimum absolute atomic E-state index is 0.110. The summed E-state index contributed by atoms with van der Waals surface area (Å²) >= 11 is 0. The van der Waals surface area contributed by atoms with E-state index in [4.69, 9.17) is 11.6 Å². The number of carbonyl (C=O) groups is 1. The van der Waals surface area contributed by atoms with Crippen molar-refractivity contribution in [3.05, 3.63) is 0 Å². The number of hydrogen-bond donors (Lipinski definition) is 5. The molecule has 0 heterocycles. The van der Waals surface area contributed by atoms with Crippen LogP contribution in [0.25, 0.3) is 0 Å². The number of hydrazine groups is 1. The molecule has 7 heteroatoms. The van der Waals surface area contributed by atoms with Gasteiger partial charge in [-0.25, -0.2) is 5.01 Å². The van der Waals surface area contributed by atoms with Crippen LogP contribution in [0.15, 0.2) is 0 Å². The molecule has 0 aromatic rings. The zero-order chi connectivity index (χ0) is 30.8. The second-order valence-electron chi connectivity index (χ2n) is 12.5. The summed E-state index contributed by atoms with van der Waals surface area (Å²) < 4.78 is 0. The van der Waals surface area contributed by atoms with Crippen molar-refractivity contribution < 1.29 is 4.79 Å². The quantitative estimate of drug-likeness (QED) is 0.0301. The van der Waals surface area contributed by atoms with Gasteiger partial charge < -0.3 is 21.7 Å². The smallest absolute Gasteiger partial charge is 0.238 e. The van der Waals surface area contributed by atoms with Crippen LogP contribution in [0.2, 0.25) is 0 Å². The van der Waals surface area contributed by atoms with Gasteiger partial charge >= 0.3 is 0 Å². The van der Waals surface area contributed by atoms with E-state index >= 15 is 0 Å². The number of nitrogens with one attached hydrogen (secondary N) is 3. The van der Waals surface area contributed by atoms with Crippen molar-refractivity contribution in [3.8, 4) is 0 Å².